The van der Waals surface area contributed by atoms with Crippen LogP contribution in [-0.2, 0) is 0 Å². The van der Waals surface area contributed by atoms with E-state index in [2.05, 4.69) is 11.8 Å². The van der Waals surface area contributed by atoms with Gasteiger partial charge in [-0.15, -0.1) is 11.6 Å². The standard InChI is InChI=1S/C10H8Cl2N2O2/c11-4-2-1-3-7-5-10(14(15)16)9(13)6-8(7)12/h5-6H,2,4,13H2. The second-order valence-electron chi connectivity index (χ2n) is 2.89. The van der Waals surface area contributed by atoms with Gasteiger partial charge in [0.1, 0.15) is 5.69 Å². The van der Waals surface area contributed by atoms with Crippen LogP contribution in [0.5, 0.6) is 0 Å². The van der Waals surface area contributed by atoms with Crippen LogP contribution in [-0.4, -0.2) is 10.8 Å². The van der Waals surface area contributed by atoms with E-state index in [1.807, 2.05) is 0 Å². The first-order chi connectivity index (χ1) is 7.56. The summed E-state index contributed by atoms with van der Waals surface area (Å²) in [5.41, 5.74) is 5.66. The monoisotopic (exact) mass is 258 g/mol. The fraction of sp³-hybridized carbons (Fsp3) is 0.200. The number of anilines is 1. The topological polar surface area (TPSA) is 69.2 Å². The Morgan fingerprint density at radius 3 is 2.75 bits per heavy atom. The Morgan fingerprint density at radius 2 is 2.19 bits per heavy atom. The van der Waals surface area contributed by atoms with E-state index in [9.17, 15) is 10.1 Å². The molecule has 0 atom stereocenters. The molecule has 0 saturated heterocycles. The second kappa shape index (κ2) is 5.59. The highest BCUT2D eigenvalue weighted by atomic mass is 35.5. The zero-order valence-electron chi connectivity index (χ0n) is 8.17. The van der Waals surface area contributed by atoms with E-state index in [4.69, 9.17) is 28.9 Å². The number of nitrogens with two attached hydrogens (primary N) is 1. The van der Waals surface area contributed by atoms with Gasteiger partial charge in [-0.3, -0.25) is 10.1 Å². The summed E-state index contributed by atoms with van der Waals surface area (Å²) in [5.74, 6) is 5.86. The van der Waals surface area contributed by atoms with Crippen molar-refractivity contribution in [1.29, 1.82) is 0 Å². The summed E-state index contributed by atoms with van der Waals surface area (Å²) in [5, 5.41) is 10.9. The average Bonchev–Trinajstić information content (AvgIpc) is 2.21. The van der Waals surface area contributed by atoms with Gasteiger partial charge in [-0.2, -0.15) is 0 Å². The Balaban J connectivity index is 3.16. The van der Waals surface area contributed by atoms with Crippen LogP contribution in [0.1, 0.15) is 12.0 Å². The largest absolute Gasteiger partial charge is 0.393 e. The van der Waals surface area contributed by atoms with Crippen molar-refractivity contribution in [3.63, 3.8) is 0 Å². The van der Waals surface area contributed by atoms with Gasteiger partial charge in [0, 0.05) is 18.4 Å². The summed E-state index contributed by atoms with van der Waals surface area (Å²) in [6.45, 7) is 0. The fourth-order valence-corrected chi connectivity index (χ4v) is 1.35. The van der Waals surface area contributed by atoms with Crippen molar-refractivity contribution in [2.45, 2.75) is 6.42 Å². The number of hydrogen-bond acceptors (Lipinski definition) is 3. The summed E-state index contributed by atoms with van der Waals surface area (Å²) in [7, 11) is 0. The smallest absolute Gasteiger partial charge is 0.293 e. The maximum atomic E-state index is 10.6. The van der Waals surface area contributed by atoms with Crippen molar-refractivity contribution < 1.29 is 4.92 Å². The van der Waals surface area contributed by atoms with E-state index in [-0.39, 0.29) is 11.4 Å². The van der Waals surface area contributed by atoms with Gasteiger partial charge < -0.3 is 5.73 Å². The lowest BCUT2D eigenvalue weighted by atomic mass is 10.1. The van der Waals surface area contributed by atoms with Crippen molar-refractivity contribution >= 4 is 34.6 Å². The molecule has 1 rings (SSSR count). The number of benzene rings is 1. The molecule has 84 valence electrons. The third-order valence-electron chi connectivity index (χ3n) is 1.76. The van der Waals surface area contributed by atoms with Crippen LogP contribution < -0.4 is 5.73 Å². The van der Waals surface area contributed by atoms with Crippen molar-refractivity contribution in [1.82, 2.24) is 0 Å². The van der Waals surface area contributed by atoms with Gasteiger partial charge in [-0.05, 0) is 6.07 Å². The molecule has 0 amide bonds. The summed E-state index contributed by atoms with van der Waals surface area (Å²) < 4.78 is 0. The molecule has 0 heterocycles. The summed E-state index contributed by atoms with van der Waals surface area (Å²) in [4.78, 5) is 10.1. The van der Waals surface area contributed by atoms with Crippen molar-refractivity contribution in [3.05, 3.63) is 32.8 Å². The van der Waals surface area contributed by atoms with Crippen LogP contribution in [0.4, 0.5) is 11.4 Å². The van der Waals surface area contributed by atoms with Gasteiger partial charge in [0.15, 0.2) is 0 Å². The highest BCUT2D eigenvalue weighted by Crippen LogP contribution is 2.28. The molecule has 2 N–H and O–H groups in total. The van der Waals surface area contributed by atoms with Crippen molar-refractivity contribution in [2.24, 2.45) is 0 Å². The molecule has 0 aliphatic heterocycles. The molecule has 0 fully saturated rings. The Labute approximate surface area is 102 Å². The van der Waals surface area contributed by atoms with E-state index in [0.29, 0.717) is 22.9 Å². The minimum atomic E-state index is -0.571. The fourth-order valence-electron chi connectivity index (χ4n) is 1.04. The second-order valence-corrected chi connectivity index (χ2v) is 3.67. The number of rotatable bonds is 2. The van der Waals surface area contributed by atoms with Crippen LogP contribution in [0.2, 0.25) is 5.02 Å². The molecule has 0 saturated carbocycles. The molecule has 0 radical (unpaired) electrons. The SMILES string of the molecule is Nc1cc(Cl)c(C#CCCCl)cc1[N+](=O)[O-]. The molecule has 16 heavy (non-hydrogen) atoms. The number of halogens is 2. The Morgan fingerprint density at radius 1 is 1.50 bits per heavy atom. The third kappa shape index (κ3) is 3.02. The Kier molecular flexibility index (Phi) is 4.41. The molecule has 0 aromatic heterocycles. The van der Waals surface area contributed by atoms with Crippen LogP contribution >= 0.6 is 23.2 Å². The molecular weight excluding hydrogens is 251 g/mol. The highest BCUT2D eigenvalue weighted by molar-refractivity contribution is 6.32. The van der Waals surface area contributed by atoms with Crippen LogP contribution in [0, 0.1) is 22.0 Å². The first kappa shape index (κ1) is 12.6. The summed E-state index contributed by atoms with van der Waals surface area (Å²) >= 11 is 11.3. The maximum absolute atomic E-state index is 10.6. The molecule has 0 bridgehead atoms. The van der Waals surface area contributed by atoms with Crippen molar-refractivity contribution in [3.8, 4) is 11.8 Å². The van der Waals surface area contributed by atoms with Crippen LogP contribution in [0.3, 0.4) is 0 Å². The number of nitrogens with zero attached hydrogens (tertiary/aromatic N) is 1. The minimum absolute atomic E-state index is 0.0258. The lowest BCUT2D eigenvalue weighted by Crippen LogP contribution is -1.96. The van der Waals surface area contributed by atoms with E-state index < -0.39 is 4.92 Å². The first-order valence-corrected chi connectivity index (χ1v) is 5.25. The van der Waals surface area contributed by atoms with Gasteiger partial charge in [0.25, 0.3) is 5.69 Å². The quantitative estimate of drug-likeness (QED) is 0.292. The molecule has 1 aromatic rings. The molecule has 0 spiro atoms. The normalized spacial score (nSPS) is 9.38. The van der Waals surface area contributed by atoms with Crippen LogP contribution in [0.15, 0.2) is 12.1 Å². The summed E-state index contributed by atoms with van der Waals surface area (Å²) in [6, 6.07) is 2.59. The maximum Gasteiger partial charge on any atom is 0.293 e. The Bertz CT molecular complexity index is 478. The minimum Gasteiger partial charge on any atom is -0.393 e. The molecule has 0 aliphatic rings. The Hall–Kier alpha value is -1.44. The van der Waals surface area contributed by atoms with Gasteiger partial charge in [0.05, 0.1) is 15.5 Å². The first-order valence-electron chi connectivity index (χ1n) is 4.34. The molecular formula is C10H8Cl2N2O2. The predicted octanol–water partition coefficient (Wildman–Crippen LogP) is 2.81. The average molecular weight is 259 g/mol. The van der Waals surface area contributed by atoms with Gasteiger partial charge in [0.2, 0.25) is 0 Å². The van der Waals surface area contributed by atoms with E-state index in [0.717, 1.165) is 0 Å². The lowest BCUT2D eigenvalue weighted by molar-refractivity contribution is -0.383. The van der Waals surface area contributed by atoms with Crippen LogP contribution in [0.25, 0.3) is 0 Å². The molecule has 0 unspecified atom stereocenters. The molecule has 4 nitrogen and oxygen atoms in total. The van der Waals surface area contributed by atoms with E-state index >= 15 is 0 Å². The number of nitro benzene ring substituents is 1. The van der Waals surface area contributed by atoms with E-state index in [1.165, 1.54) is 12.1 Å². The third-order valence-corrected chi connectivity index (χ3v) is 2.26. The lowest BCUT2D eigenvalue weighted by Gasteiger charge is -2.00. The number of alkyl halides is 1. The number of nitrogen functional groups attached to an aromatic ring is 1. The number of hydrogen-bond donors (Lipinski definition) is 1. The molecule has 1 aromatic carbocycles. The van der Waals surface area contributed by atoms with E-state index in [1.54, 1.807) is 0 Å². The van der Waals surface area contributed by atoms with Gasteiger partial charge >= 0.3 is 0 Å². The van der Waals surface area contributed by atoms with Gasteiger partial charge in [-0.25, -0.2) is 0 Å². The summed E-state index contributed by atoms with van der Waals surface area (Å²) in [6.07, 6.45) is 0.496. The molecule has 6 heteroatoms. The highest BCUT2D eigenvalue weighted by Gasteiger charge is 2.14. The predicted molar refractivity (Wildman–Crippen MR) is 64.7 cm³/mol. The zero-order valence-corrected chi connectivity index (χ0v) is 9.68. The van der Waals surface area contributed by atoms with Gasteiger partial charge in [-0.1, -0.05) is 23.4 Å². The molecule has 0 aliphatic carbocycles. The van der Waals surface area contributed by atoms with Crippen molar-refractivity contribution in [2.75, 3.05) is 11.6 Å². The zero-order chi connectivity index (χ0) is 12.1. The number of nitro groups is 1.